The van der Waals surface area contributed by atoms with Crippen molar-refractivity contribution in [3.05, 3.63) is 0 Å². The molecule has 13 heteroatoms. The van der Waals surface area contributed by atoms with Gasteiger partial charge in [0, 0.05) is 11.4 Å². The van der Waals surface area contributed by atoms with E-state index in [1.165, 1.54) is 6.42 Å². The Hall–Kier alpha value is -0.0700. The van der Waals surface area contributed by atoms with Gasteiger partial charge in [-0.1, -0.05) is 161 Å². The van der Waals surface area contributed by atoms with Gasteiger partial charge in [-0.3, -0.25) is 13.9 Å². The second-order valence-corrected chi connectivity index (χ2v) is 29.8. The lowest BCUT2D eigenvalue weighted by molar-refractivity contribution is -0.917. The number of carboxylic acid groups (broad SMARTS) is 1. The second-order valence-electron chi connectivity index (χ2n) is 24.3. The fourth-order valence-electron chi connectivity index (χ4n) is 1.62. The van der Waals surface area contributed by atoms with Gasteiger partial charge in [0.1, 0.15) is 0 Å². The lowest BCUT2D eigenvalue weighted by Crippen LogP contribution is -2.50. The van der Waals surface area contributed by atoms with Crippen LogP contribution < -0.4 is 0 Å². The number of halogens is 1. The van der Waals surface area contributed by atoms with Gasteiger partial charge in [0.25, 0.3) is 10.1 Å². The number of hydrogen-bond donors (Lipinski definition) is 4. The average Bonchev–Trinajstić information content (AvgIpc) is 2.69. The van der Waals surface area contributed by atoms with E-state index in [2.05, 4.69) is 134 Å². The molecule has 4 N–H and O–H groups in total. The summed E-state index contributed by atoms with van der Waals surface area (Å²) in [5.74, 6) is -0.905. The highest BCUT2D eigenvalue weighted by Gasteiger charge is 2.26. The van der Waals surface area contributed by atoms with E-state index in [-0.39, 0.29) is 40.2 Å². The van der Waals surface area contributed by atoms with Crippen LogP contribution in [0, 0.1) is 27.1 Å². The molecule has 56 heavy (non-hydrogen) atoms. The van der Waals surface area contributed by atoms with E-state index < -0.39 is 23.7 Å². The molecule has 0 aromatic heterocycles. The third-order valence-electron chi connectivity index (χ3n) is 5.66. The summed E-state index contributed by atoms with van der Waals surface area (Å²) < 4.78 is 45.3. The van der Waals surface area contributed by atoms with Crippen molar-refractivity contribution in [3.8, 4) is 0 Å². The van der Waals surface area contributed by atoms with E-state index in [0.717, 1.165) is 4.48 Å². The molecule has 0 amide bonds. The fraction of sp³-hybridized carbons (Fsp3) is 0.977. The van der Waals surface area contributed by atoms with E-state index in [9.17, 15) is 17.8 Å². The zero-order chi connectivity index (χ0) is 48.6. The van der Waals surface area contributed by atoms with Crippen LogP contribution >= 0.6 is 23.5 Å². The monoisotopic (exact) mass is 919 g/mol. The fourth-order valence-corrected chi connectivity index (χ4v) is 3.95. The number of quaternary nitrogens is 1. The van der Waals surface area contributed by atoms with Gasteiger partial charge in [-0.25, -0.2) is 0 Å². The summed E-state index contributed by atoms with van der Waals surface area (Å²) in [5.41, 5.74) is 0.748. The first-order valence-corrected chi connectivity index (χ1v) is 23.7. The number of carbonyl (C=O) groups is 1. The standard InChI is InChI=1S/C7H18N.C6H12O2.C6H14.C5H13O3P.C5H12O3S.C5H12O.C5H12.C4H9Br/c1-7(2,3)8(4,5)6;1-6(2,3)4-5(7)8;1-5-6(2,3)4;2*1-5(2,3)4-9(6,7)8;1-5(2,3)6-4;1-5(2,3)4;1-4(2,3)5/h1-6H3;4H2,1-3H3,(H,7,8);5H2,1-4H3;4H2,1-3H3,(H2,6,7,8);4H2,1-3H3,(H,6,7,8);1-4H3;1-4H3;1-3H3/q+1;;;;;;;. The molecule has 0 bridgehead atoms. The van der Waals surface area contributed by atoms with Gasteiger partial charge in [0.05, 0.1) is 50.6 Å². The SMILES string of the molecule is CC(C)(C)Br.CC(C)(C)C.CC(C)(C)CC(=O)O.CC(C)(C)CP(=O)(O)O.CC(C)(C)CS(=O)(=O)O.CC(C)(C)[N+](C)(C)C.CCC(C)(C)C.COC(C)(C)C. The Balaban J connectivity index is -0.0000000791. The normalized spacial score (nSPS) is 12.8. The van der Waals surface area contributed by atoms with E-state index in [1.54, 1.807) is 48.7 Å². The maximum atomic E-state index is 10.3. The number of rotatable bonds is 3. The Bertz CT molecular complexity index is 1050. The average molecular weight is 920 g/mol. The first-order valence-electron chi connectivity index (χ1n) is 19.5. The topological polar surface area (TPSA) is 158 Å². The van der Waals surface area contributed by atoms with Crippen LogP contribution in [0.25, 0.3) is 0 Å². The van der Waals surface area contributed by atoms with E-state index in [0.29, 0.717) is 20.7 Å². The van der Waals surface area contributed by atoms with Gasteiger partial charge in [-0.2, -0.15) is 8.42 Å². The van der Waals surface area contributed by atoms with Crippen LogP contribution in [-0.2, 0) is 24.2 Å². The lowest BCUT2D eigenvalue weighted by Gasteiger charge is -2.38. The van der Waals surface area contributed by atoms with Crippen LogP contribution in [0.5, 0.6) is 0 Å². The number of methoxy groups -OCH3 is 1. The Morgan fingerprint density at radius 3 is 0.857 bits per heavy atom. The molecule has 0 saturated carbocycles. The predicted molar refractivity (Wildman–Crippen MR) is 252 cm³/mol. The first kappa shape index (κ1) is 73.5. The molecule has 0 aliphatic rings. The molecule has 0 aliphatic heterocycles. The highest BCUT2D eigenvalue weighted by Crippen LogP contribution is 2.41. The highest BCUT2D eigenvalue weighted by molar-refractivity contribution is 9.10. The minimum Gasteiger partial charge on any atom is -0.481 e. The Labute approximate surface area is 360 Å². The van der Waals surface area contributed by atoms with Gasteiger partial charge in [0.2, 0.25) is 0 Å². The predicted octanol–water partition coefficient (Wildman–Crippen LogP) is 13.2. The molecule has 10 nitrogen and oxygen atoms in total. The molecule has 0 spiro atoms. The molecule has 0 aliphatic carbocycles. The Morgan fingerprint density at radius 1 is 0.643 bits per heavy atom. The maximum Gasteiger partial charge on any atom is 0.326 e. The number of nitrogens with zero attached hydrogens (tertiary/aromatic N) is 1. The van der Waals surface area contributed by atoms with Crippen molar-refractivity contribution < 1.29 is 46.4 Å². The van der Waals surface area contributed by atoms with Crippen molar-refractivity contribution in [2.45, 2.75) is 208 Å². The van der Waals surface area contributed by atoms with E-state index in [4.69, 9.17) is 24.2 Å². The second kappa shape index (κ2) is 29.2. The van der Waals surface area contributed by atoms with E-state index >= 15 is 0 Å². The Kier molecular flexibility index (Phi) is 38.3. The molecule has 0 atom stereocenters. The zero-order valence-electron chi connectivity index (χ0n) is 42.8. The number of ether oxygens (including phenoxy) is 1. The minimum atomic E-state index is -3.79. The summed E-state index contributed by atoms with van der Waals surface area (Å²) in [4.78, 5) is 26.9. The molecule has 0 aromatic rings. The molecule has 0 fully saturated rings. The van der Waals surface area contributed by atoms with Gasteiger partial charge >= 0.3 is 13.6 Å². The van der Waals surface area contributed by atoms with Crippen LogP contribution in [-0.4, -0.2) is 93.9 Å². The molecular formula is C43H102BrNO9PS+. The number of carboxylic acids is 1. The third-order valence-corrected chi connectivity index (χ3v) is 8.25. The summed E-state index contributed by atoms with van der Waals surface area (Å²) in [6, 6.07) is 0. The molecule has 0 unspecified atom stereocenters. The molecule has 0 radical (unpaired) electrons. The minimum absolute atomic E-state index is 0.0417. The molecule has 0 heterocycles. The van der Waals surface area contributed by atoms with Gasteiger partial charge in [-0.15, -0.1) is 0 Å². The summed E-state index contributed by atoms with van der Waals surface area (Å²) in [6.45, 7) is 53.1. The van der Waals surface area contributed by atoms with Crippen molar-refractivity contribution >= 4 is 39.6 Å². The van der Waals surface area contributed by atoms with Crippen LogP contribution in [0.1, 0.15) is 193 Å². The smallest absolute Gasteiger partial charge is 0.326 e. The van der Waals surface area contributed by atoms with Crippen molar-refractivity contribution in [3.63, 3.8) is 0 Å². The van der Waals surface area contributed by atoms with Gasteiger partial charge < -0.3 is 24.1 Å². The van der Waals surface area contributed by atoms with Crippen molar-refractivity contribution in [2.75, 3.05) is 40.2 Å². The first-order chi connectivity index (χ1) is 23.2. The van der Waals surface area contributed by atoms with Crippen LogP contribution in [0.3, 0.4) is 0 Å². The van der Waals surface area contributed by atoms with Gasteiger partial charge in [0.15, 0.2) is 0 Å². The molecule has 0 aromatic carbocycles. The molecule has 350 valence electrons. The summed E-state index contributed by atoms with van der Waals surface area (Å²) in [7, 11) is 0.764. The van der Waals surface area contributed by atoms with Crippen LogP contribution in [0.15, 0.2) is 0 Å². The summed E-state index contributed by atoms with van der Waals surface area (Å²) >= 11 is 3.38. The molecule has 0 saturated heterocycles. The van der Waals surface area contributed by atoms with Crippen molar-refractivity contribution in [2.24, 2.45) is 27.1 Å². The van der Waals surface area contributed by atoms with Gasteiger partial charge in [-0.05, 0) is 68.6 Å². The van der Waals surface area contributed by atoms with Crippen molar-refractivity contribution in [1.29, 1.82) is 0 Å². The van der Waals surface area contributed by atoms with Crippen LogP contribution in [0.4, 0.5) is 0 Å². The largest absolute Gasteiger partial charge is 0.481 e. The number of alkyl halides is 1. The highest BCUT2D eigenvalue weighted by atomic mass is 79.9. The van der Waals surface area contributed by atoms with E-state index in [1.807, 2.05) is 41.5 Å². The molecule has 0 rings (SSSR count). The quantitative estimate of drug-likeness (QED) is 0.0936. The molecular weight excluding hydrogens is 817 g/mol. The summed E-state index contributed by atoms with van der Waals surface area (Å²) in [6.07, 6.45) is 1.47. The number of aliphatic carboxylic acids is 1. The third kappa shape index (κ3) is 148. The summed E-state index contributed by atoms with van der Waals surface area (Å²) in [5, 5.41) is 8.25. The lowest BCUT2D eigenvalue weighted by atomic mass is 9.93. The number of hydrogen-bond acceptors (Lipinski definition) is 5. The van der Waals surface area contributed by atoms with Crippen molar-refractivity contribution in [1.82, 2.24) is 0 Å². The maximum absolute atomic E-state index is 10.3. The van der Waals surface area contributed by atoms with Crippen LogP contribution in [0.2, 0.25) is 0 Å². The zero-order valence-corrected chi connectivity index (χ0v) is 46.1. The Morgan fingerprint density at radius 2 is 0.857 bits per heavy atom.